The number of hydrogen-bond donors (Lipinski definition) is 0. The molecule has 0 aromatic rings. The minimum absolute atomic E-state index is 0.0741. The van der Waals surface area contributed by atoms with Gasteiger partial charge in [0.05, 0.1) is 11.0 Å². The predicted octanol–water partition coefficient (Wildman–Crippen LogP) is 0.689. The summed E-state index contributed by atoms with van der Waals surface area (Å²) in [5.41, 5.74) is 0. The molecule has 0 aromatic carbocycles. The Morgan fingerprint density at radius 3 is 2.18 bits per heavy atom. The maximum Gasteiger partial charge on any atom is 0.154 e. The van der Waals surface area contributed by atoms with Gasteiger partial charge >= 0.3 is 0 Å². The van der Waals surface area contributed by atoms with Crippen molar-refractivity contribution in [3.05, 3.63) is 0 Å². The normalized spacial score (nSPS) is 41.7. The second-order valence-corrected chi connectivity index (χ2v) is 5.57. The van der Waals surface area contributed by atoms with E-state index in [2.05, 4.69) is 5.92 Å². The van der Waals surface area contributed by atoms with Gasteiger partial charge in [-0.3, -0.25) is 0 Å². The van der Waals surface area contributed by atoms with E-state index in [0.717, 1.165) is 0 Å². The van der Waals surface area contributed by atoms with E-state index in [-0.39, 0.29) is 22.8 Å². The zero-order chi connectivity index (χ0) is 8.65. The Bertz CT molecular complexity index is 284. The first-order chi connectivity index (χ1) is 4.99. The van der Waals surface area contributed by atoms with Crippen LogP contribution in [0.4, 0.5) is 0 Å². The van der Waals surface area contributed by atoms with Crippen molar-refractivity contribution in [1.82, 2.24) is 0 Å². The molecule has 0 saturated carbocycles. The molecule has 1 heterocycles. The van der Waals surface area contributed by atoms with Crippen LogP contribution < -0.4 is 0 Å². The number of rotatable bonds is 0. The zero-order valence-corrected chi connectivity index (χ0v) is 7.56. The van der Waals surface area contributed by atoms with Crippen LogP contribution in [0.15, 0.2) is 0 Å². The van der Waals surface area contributed by atoms with Crippen molar-refractivity contribution in [2.45, 2.75) is 19.1 Å². The van der Waals surface area contributed by atoms with Gasteiger partial charge in [0, 0.05) is 5.92 Å². The first kappa shape index (κ1) is 8.61. The molecule has 3 unspecified atom stereocenters. The molecule has 3 heteroatoms. The largest absolute Gasteiger partial charge is 0.229 e. The van der Waals surface area contributed by atoms with Crippen LogP contribution in [-0.4, -0.2) is 19.4 Å². The Balaban J connectivity index is 2.97. The molecule has 1 rings (SSSR count). The molecule has 0 bridgehead atoms. The average molecular weight is 172 g/mol. The molecule has 1 fully saturated rings. The van der Waals surface area contributed by atoms with E-state index in [1.165, 1.54) is 0 Å². The van der Waals surface area contributed by atoms with E-state index < -0.39 is 9.84 Å². The first-order valence-corrected chi connectivity index (χ1v) is 5.38. The Hall–Kier alpha value is -0.490. The van der Waals surface area contributed by atoms with Gasteiger partial charge in [-0.25, -0.2) is 8.42 Å². The van der Waals surface area contributed by atoms with E-state index in [1.54, 1.807) is 6.92 Å². The fourth-order valence-electron chi connectivity index (χ4n) is 1.41. The molecule has 3 atom stereocenters. The average Bonchev–Trinajstić information content (AvgIpc) is 2.13. The van der Waals surface area contributed by atoms with Gasteiger partial charge in [-0.1, -0.05) is 6.92 Å². The van der Waals surface area contributed by atoms with Gasteiger partial charge in [0.25, 0.3) is 0 Å². The lowest BCUT2D eigenvalue weighted by Crippen LogP contribution is -2.16. The molecule has 0 N–H and O–H groups in total. The Labute approximate surface area is 67.9 Å². The van der Waals surface area contributed by atoms with Crippen LogP contribution in [-0.2, 0) is 9.84 Å². The lowest BCUT2D eigenvalue weighted by molar-refractivity contribution is 0.498. The molecule has 1 aliphatic heterocycles. The summed E-state index contributed by atoms with van der Waals surface area (Å²) in [5, 5.41) is -0.261. The van der Waals surface area contributed by atoms with Gasteiger partial charge < -0.3 is 0 Å². The molecule has 1 aliphatic rings. The number of terminal acetylenes is 1. The van der Waals surface area contributed by atoms with Crippen LogP contribution in [0, 0.1) is 24.2 Å². The molecule has 11 heavy (non-hydrogen) atoms. The molecule has 62 valence electrons. The fourth-order valence-corrected chi connectivity index (χ4v) is 3.46. The first-order valence-electron chi connectivity index (χ1n) is 3.66. The molecule has 0 amide bonds. The van der Waals surface area contributed by atoms with Gasteiger partial charge in [0.15, 0.2) is 9.84 Å². The maximum absolute atomic E-state index is 11.2. The van der Waals surface area contributed by atoms with E-state index in [4.69, 9.17) is 6.42 Å². The van der Waals surface area contributed by atoms with Crippen LogP contribution in [0.3, 0.4) is 0 Å². The van der Waals surface area contributed by atoms with Gasteiger partial charge in [-0.05, 0) is 12.8 Å². The summed E-state index contributed by atoms with van der Waals surface area (Å²) in [6.45, 7) is 3.64. The summed E-state index contributed by atoms with van der Waals surface area (Å²) in [5.74, 6) is 2.73. The smallest absolute Gasteiger partial charge is 0.154 e. The summed E-state index contributed by atoms with van der Waals surface area (Å²) >= 11 is 0. The summed E-state index contributed by atoms with van der Waals surface area (Å²) in [6, 6.07) is 0. The monoisotopic (exact) mass is 172 g/mol. The molecule has 0 aromatic heterocycles. The van der Waals surface area contributed by atoms with Crippen molar-refractivity contribution in [2.24, 2.45) is 11.8 Å². The van der Waals surface area contributed by atoms with Crippen LogP contribution in [0.5, 0.6) is 0 Å². The highest BCUT2D eigenvalue weighted by molar-refractivity contribution is 7.92. The Morgan fingerprint density at radius 2 is 2.00 bits per heavy atom. The second-order valence-electron chi connectivity index (χ2n) is 3.17. The third-order valence-corrected chi connectivity index (χ3v) is 4.95. The standard InChI is InChI=1S/C8H12O2S/c1-4-8-5-11(9,10)7(3)6(8)2/h1,6-8H,5H2,2-3H3. The van der Waals surface area contributed by atoms with E-state index >= 15 is 0 Å². The lowest BCUT2D eigenvalue weighted by atomic mass is 9.95. The van der Waals surface area contributed by atoms with Crippen molar-refractivity contribution in [2.75, 3.05) is 5.75 Å². The van der Waals surface area contributed by atoms with Crippen LogP contribution >= 0.6 is 0 Å². The zero-order valence-electron chi connectivity index (χ0n) is 6.74. The van der Waals surface area contributed by atoms with Crippen molar-refractivity contribution >= 4 is 9.84 Å². The summed E-state index contributed by atoms with van der Waals surface area (Å²) in [6.07, 6.45) is 5.19. The molecular formula is C8H12O2S. The van der Waals surface area contributed by atoms with Gasteiger partial charge in [-0.15, -0.1) is 12.3 Å². The lowest BCUT2D eigenvalue weighted by Gasteiger charge is -2.09. The molecule has 0 spiro atoms. The minimum atomic E-state index is -2.88. The quantitative estimate of drug-likeness (QED) is 0.504. The van der Waals surface area contributed by atoms with Crippen molar-refractivity contribution in [3.63, 3.8) is 0 Å². The minimum Gasteiger partial charge on any atom is -0.229 e. The summed E-state index contributed by atoms with van der Waals surface area (Å²) in [4.78, 5) is 0. The van der Waals surface area contributed by atoms with Crippen LogP contribution in [0.1, 0.15) is 13.8 Å². The van der Waals surface area contributed by atoms with Gasteiger partial charge in [-0.2, -0.15) is 0 Å². The molecule has 2 nitrogen and oxygen atoms in total. The maximum atomic E-state index is 11.2. The predicted molar refractivity (Wildman–Crippen MR) is 44.7 cm³/mol. The van der Waals surface area contributed by atoms with E-state index in [9.17, 15) is 8.42 Å². The highest BCUT2D eigenvalue weighted by Crippen LogP contribution is 2.30. The second kappa shape index (κ2) is 2.53. The molecular weight excluding hydrogens is 160 g/mol. The Kier molecular flexibility index (Phi) is 1.98. The van der Waals surface area contributed by atoms with E-state index in [1.807, 2.05) is 6.92 Å². The van der Waals surface area contributed by atoms with Crippen molar-refractivity contribution < 1.29 is 8.42 Å². The fraction of sp³-hybridized carbons (Fsp3) is 0.750. The van der Waals surface area contributed by atoms with Gasteiger partial charge in [0.2, 0.25) is 0 Å². The van der Waals surface area contributed by atoms with E-state index in [0.29, 0.717) is 0 Å². The topological polar surface area (TPSA) is 34.1 Å². The highest BCUT2D eigenvalue weighted by Gasteiger charge is 2.40. The van der Waals surface area contributed by atoms with Gasteiger partial charge in [0.1, 0.15) is 0 Å². The number of hydrogen-bond acceptors (Lipinski definition) is 2. The van der Waals surface area contributed by atoms with Crippen LogP contribution in [0.25, 0.3) is 0 Å². The third-order valence-electron chi connectivity index (χ3n) is 2.57. The summed E-state index contributed by atoms with van der Waals surface area (Å²) in [7, 11) is -2.88. The molecule has 1 saturated heterocycles. The SMILES string of the molecule is C#CC1CS(=O)(=O)C(C)C1C. The van der Waals surface area contributed by atoms with Crippen LogP contribution in [0.2, 0.25) is 0 Å². The third kappa shape index (κ3) is 1.28. The highest BCUT2D eigenvalue weighted by atomic mass is 32.2. The van der Waals surface area contributed by atoms with Crippen molar-refractivity contribution in [1.29, 1.82) is 0 Å². The molecule has 0 radical (unpaired) electrons. The summed E-state index contributed by atoms with van der Waals surface area (Å²) < 4.78 is 22.5. The van der Waals surface area contributed by atoms with Crippen molar-refractivity contribution in [3.8, 4) is 12.3 Å². The molecule has 0 aliphatic carbocycles. The Morgan fingerprint density at radius 1 is 1.45 bits per heavy atom. The number of sulfone groups is 1.